The van der Waals surface area contributed by atoms with Gasteiger partial charge in [-0.05, 0) is 62.8 Å². The summed E-state index contributed by atoms with van der Waals surface area (Å²) in [4.78, 5) is 8.86. The Morgan fingerprint density at radius 2 is 2.15 bits per heavy atom. The molecule has 3 rings (SSSR count). The van der Waals surface area contributed by atoms with Gasteiger partial charge in [-0.25, -0.2) is 14.4 Å². The predicted octanol–water partition coefficient (Wildman–Crippen LogP) is 4.67. The summed E-state index contributed by atoms with van der Waals surface area (Å²) >= 11 is 11.4. The highest BCUT2D eigenvalue weighted by Gasteiger charge is 2.15. The molecule has 2 aromatic heterocycles. The molecule has 0 aliphatic heterocycles. The number of alkyl halides is 1. The number of fused-ring (bicyclic) bond motifs is 1. The van der Waals surface area contributed by atoms with Gasteiger partial charge in [-0.1, -0.05) is 0 Å². The van der Waals surface area contributed by atoms with E-state index in [-0.39, 0.29) is 11.7 Å². The molecule has 0 saturated carbocycles. The average Bonchev–Trinajstić information content (AvgIpc) is 2.76. The number of halogens is 4. The zero-order valence-corrected chi connectivity index (χ0v) is 14.4. The summed E-state index contributed by atoms with van der Waals surface area (Å²) in [5.41, 5.74) is 2.27. The molecule has 0 atom stereocenters. The van der Waals surface area contributed by atoms with Gasteiger partial charge in [-0.2, -0.15) is 0 Å². The van der Waals surface area contributed by atoms with Gasteiger partial charge in [0, 0.05) is 14.2 Å². The first kappa shape index (κ1) is 14.2. The summed E-state index contributed by atoms with van der Waals surface area (Å²) in [5, 5.41) is 0. The largest absolute Gasteiger partial charge is 0.279 e. The van der Waals surface area contributed by atoms with Gasteiger partial charge in [0.25, 0.3) is 0 Å². The molecule has 0 saturated heterocycles. The van der Waals surface area contributed by atoms with Crippen LogP contribution in [0.2, 0.25) is 0 Å². The first-order chi connectivity index (χ1) is 9.60. The first-order valence-electron chi connectivity index (χ1n) is 5.64. The SMILES string of the molecule is Fc1ccc(-n2c(CCl)nc3cc(Br)cnc32)c(I)c1. The number of benzene rings is 1. The molecule has 0 N–H and O–H groups in total. The molecular formula is C13H7BrClFIN3. The van der Waals surface area contributed by atoms with E-state index >= 15 is 0 Å². The van der Waals surface area contributed by atoms with E-state index in [4.69, 9.17) is 11.6 Å². The lowest BCUT2D eigenvalue weighted by Gasteiger charge is -2.09. The fourth-order valence-corrected chi connectivity index (χ4v) is 3.21. The maximum absolute atomic E-state index is 13.3. The second-order valence-corrected chi connectivity index (χ2v) is 6.43. The van der Waals surface area contributed by atoms with Crippen LogP contribution in [0.5, 0.6) is 0 Å². The zero-order valence-electron chi connectivity index (χ0n) is 9.95. The van der Waals surface area contributed by atoms with Crippen LogP contribution in [0.1, 0.15) is 5.82 Å². The lowest BCUT2D eigenvalue weighted by molar-refractivity contribution is 0.626. The van der Waals surface area contributed by atoms with Gasteiger partial charge in [0.05, 0.1) is 11.6 Å². The topological polar surface area (TPSA) is 30.7 Å². The lowest BCUT2D eigenvalue weighted by atomic mass is 10.3. The number of aromatic nitrogens is 3. The van der Waals surface area contributed by atoms with Crippen LogP contribution >= 0.6 is 50.1 Å². The third-order valence-corrected chi connectivity index (χ3v) is 4.34. The Balaban J connectivity index is 2.34. The zero-order chi connectivity index (χ0) is 14.3. The van der Waals surface area contributed by atoms with Crippen LogP contribution in [0.15, 0.2) is 34.9 Å². The second-order valence-electron chi connectivity index (χ2n) is 4.09. The molecule has 102 valence electrons. The molecule has 3 aromatic rings. The highest BCUT2D eigenvalue weighted by Crippen LogP contribution is 2.26. The number of nitrogens with zero attached hydrogens (tertiary/aromatic N) is 3. The molecule has 0 radical (unpaired) electrons. The van der Waals surface area contributed by atoms with Crippen LogP contribution in [0.25, 0.3) is 16.9 Å². The number of pyridine rings is 1. The molecular weight excluding hydrogens is 459 g/mol. The Bertz CT molecular complexity index is 806. The number of hydrogen-bond donors (Lipinski definition) is 0. The smallest absolute Gasteiger partial charge is 0.164 e. The van der Waals surface area contributed by atoms with E-state index in [1.54, 1.807) is 12.3 Å². The third kappa shape index (κ3) is 2.44. The summed E-state index contributed by atoms with van der Waals surface area (Å²) in [7, 11) is 0. The summed E-state index contributed by atoms with van der Waals surface area (Å²) in [6, 6.07) is 6.47. The van der Waals surface area contributed by atoms with Crippen molar-refractivity contribution in [1.29, 1.82) is 0 Å². The number of rotatable bonds is 2. The fraction of sp³-hybridized carbons (Fsp3) is 0.0769. The lowest BCUT2D eigenvalue weighted by Crippen LogP contribution is -2.02. The van der Waals surface area contributed by atoms with Gasteiger partial charge in [-0.15, -0.1) is 11.6 Å². The van der Waals surface area contributed by atoms with Crippen LogP contribution in [0.4, 0.5) is 4.39 Å². The van der Waals surface area contributed by atoms with Crippen LogP contribution in [-0.4, -0.2) is 14.5 Å². The van der Waals surface area contributed by atoms with Gasteiger partial charge in [0.15, 0.2) is 5.65 Å². The second kappa shape index (κ2) is 5.57. The average molecular weight is 466 g/mol. The summed E-state index contributed by atoms with van der Waals surface area (Å²) < 4.78 is 16.7. The third-order valence-electron chi connectivity index (χ3n) is 2.80. The Morgan fingerprint density at radius 3 is 2.85 bits per heavy atom. The van der Waals surface area contributed by atoms with Crippen molar-refractivity contribution in [3.05, 3.63) is 50.1 Å². The Hall–Kier alpha value is -0.730. The predicted molar refractivity (Wildman–Crippen MR) is 88.8 cm³/mol. The Morgan fingerprint density at radius 1 is 1.35 bits per heavy atom. The van der Waals surface area contributed by atoms with Gasteiger partial charge >= 0.3 is 0 Å². The molecule has 7 heteroatoms. The minimum absolute atomic E-state index is 0.251. The molecule has 3 nitrogen and oxygen atoms in total. The maximum atomic E-state index is 13.3. The quantitative estimate of drug-likeness (QED) is 0.406. The van der Waals surface area contributed by atoms with E-state index < -0.39 is 0 Å². The minimum Gasteiger partial charge on any atom is -0.279 e. The van der Waals surface area contributed by atoms with Crippen molar-refractivity contribution in [3.8, 4) is 5.69 Å². The fourth-order valence-electron chi connectivity index (χ4n) is 1.99. The molecule has 0 unspecified atom stereocenters. The highest BCUT2D eigenvalue weighted by molar-refractivity contribution is 14.1. The van der Waals surface area contributed by atoms with Crippen molar-refractivity contribution in [1.82, 2.24) is 14.5 Å². The molecule has 0 aliphatic carbocycles. The van der Waals surface area contributed by atoms with E-state index in [0.717, 1.165) is 19.2 Å². The van der Waals surface area contributed by atoms with Crippen LogP contribution < -0.4 is 0 Å². The van der Waals surface area contributed by atoms with Crippen LogP contribution in [0.3, 0.4) is 0 Å². The molecule has 1 aromatic carbocycles. The van der Waals surface area contributed by atoms with E-state index in [1.807, 2.05) is 10.6 Å². The Labute approximate surface area is 141 Å². The van der Waals surface area contributed by atoms with Gasteiger partial charge in [-0.3, -0.25) is 4.57 Å². The Kier molecular flexibility index (Phi) is 3.96. The molecule has 20 heavy (non-hydrogen) atoms. The van der Waals surface area contributed by atoms with Crippen molar-refractivity contribution < 1.29 is 4.39 Å². The van der Waals surface area contributed by atoms with Crippen molar-refractivity contribution in [2.45, 2.75) is 5.88 Å². The molecule has 0 amide bonds. The van der Waals surface area contributed by atoms with Crippen LogP contribution in [0, 0.1) is 9.39 Å². The first-order valence-corrected chi connectivity index (χ1v) is 8.05. The van der Waals surface area contributed by atoms with Crippen molar-refractivity contribution in [2.24, 2.45) is 0 Å². The van der Waals surface area contributed by atoms with Gasteiger partial charge < -0.3 is 0 Å². The van der Waals surface area contributed by atoms with E-state index in [9.17, 15) is 4.39 Å². The minimum atomic E-state index is -0.273. The summed E-state index contributed by atoms with van der Waals surface area (Å²) in [6.45, 7) is 0. The highest BCUT2D eigenvalue weighted by atomic mass is 127. The normalized spacial score (nSPS) is 11.2. The molecule has 0 bridgehead atoms. The van der Waals surface area contributed by atoms with E-state index in [0.29, 0.717) is 11.5 Å². The van der Waals surface area contributed by atoms with E-state index in [1.165, 1.54) is 12.1 Å². The number of imidazole rings is 1. The molecule has 0 spiro atoms. The van der Waals surface area contributed by atoms with Crippen molar-refractivity contribution in [3.63, 3.8) is 0 Å². The molecule has 2 heterocycles. The monoisotopic (exact) mass is 465 g/mol. The van der Waals surface area contributed by atoms with Crippen LogP contribution in [-0.2, 0) is 5.88 Å². The number of hydrogen-bond acceptors (Lipinski definition) is 2. The summed E-state index contributed by atoms with van der Waals surface area (Å²) in [6.07, 6.45) is 1.70. The molecule has 0 aliphatic rings. The van der Waals surface area contributed by atoms with Gasteiger partial charge in [0.1, 0.15) is 17.2 Å². The van der Waals surface area contributed by atoms with Gasteiger partial charge in [0.2, 0.25) is 0 Å². The van der Waals surface area contributed by atoms with Crippen molar-refractivity contribution in [2.75, 3.05) is 0 Å². The molecule has 0 fully saturated rings. The van der Waals surface area contributed by atoms with E-state index in [2.05, 4.69) is 48.5 Å². The maximum Gasteiger partial charge on any atom is 0.164 e. The summed E-state index contributed by atoms with van der Waals surface area (Å²) in [5.74, 6) is 0.657. The standard InChI is InChI=1S/C13H7BrClFIN3/c14-7-3-10-13(18-6-7)20(12(5-15)19-10)11-2-1-8(16)4-9(11)17/h1-4,6H,5H2. The van der Waals surface area contributed by atoms with Crippen molar-refractivity contribution >= 4 is 61.3 Å².